The second-order valence-corrected chi connectivity index (χ2v) is 7.61. The maximum Gasteiger partial charge on any atom is 1.00 e. The van der Waals surface area contributed by atoms with E-state index in [4.69, 9.17) is 5.73 Å². The van der Waals surface area contributed by atoms with Crippen LogP contribution in [0.4, 0.5) is 0 Å². The normalized spacial score (nSPS) is 14.8. The van der Waals surface area contributed by atoms with E-state index in [-0.39, 0.29) is 48.1 Å². The predicted molar refractivity (Wildman–Crippen MR) is 112 cm³/mol. The van der Waals surface area contributed by atoms with Gasteiger partial charge in [-0.15, -0.1) is 0 Å². The summed E-state index contributed by atoms with van der Waals surface area (Å²) in [5.41, 5.74) is 5.96. The summed E-state index contributed by atoms with van der Waals surface area (Å²) < 4.78 is 0. The molecule has 0 bridgehead atoms. The third-order valence-corrected chi connectivity index (χ3v) is 5.14. The predicted octanol–water partition coefficient (Wildman–Crippen LogP) is 0.0507. The van der Waals surface area contributed by atoms with Crippen molar-refractivity contribution < 1.29 is 42.0 Å². The van der Waals surface area contributed by atoms with Crippen LogP contribution in [0.15, 0.2) is 17.1 Å². The molecular weight excluding hydrogens is 365 g/mol. The van der Waals surface area contributed by atoms with Gasteiger partial charge in [-0.1, -0.05) is 90.0 Å². The molecule has 1 atom stereocenters. The smallest absolute Gasteiger partial charge is 1.00 e. The number of aliphatic imine (C=N–C) groups is 1. The Hall–Kier alpha value is 0.460. The van der Waals surface area contributed by atoms with Gasteiger partial charge in [0.05, 0.1) is 12.7 Å². The van der Waals surface area contributed by atoms with Crippen LogP contribution in [0.25, 0.3) is 0 Å². The molecule has 5 heteroatoms. The van der Waals surface area contributed by atoms with Crippen LogP contribution in [-0.2, 0) is 0 Å². The molecule has 27 heavy (non-hydrogen) atoms. The van der Waals surface area contributed by atoms with E-state index < -0.39 is 0 Å². The minimum Gasteiger partial charge on any atom is -1.00 e. The summed E-state index contributed by atoms with van der Waals surface area (Å²) in [6.07, 6.45) is 24.1. The van der Waals surface area contributed by atoms with Gasteiger partial charge < -0.3 is 23.0 Å². The fourth-order valence-corrected chi connectivity index (χ4v) is 3.51. The second kappa shape index (κ2) is 21.2. The molecule has 1 aliphatic rings. The first-order valence-electron chi connectivity index (χ1n) is 11.0. The van der Waals surface area contributed by atoms with Crippen LogP contribution in [0, 0.1) is 0 Å². The average Bonchev–Trinajstić information content (AvgIpc) is 3.07. The van der Waals surface area contributed by atoms with Crippen molar-refractivity contribution in [3.05, 3.63) is 12.2 Å². The van der Waals surface area contributed by atoms with Crippen molar-refractivity contribution in [2.24, 2.45) is 10.7 Å². The molecular formula is C22H43ClN3Na. The minimum absolute atomic E-state index is 0. The number of nitrogens with zero attached hydrogens (tertiary/aromatic N) is 2. The van der Waals surface area contributed by atoms with E-state index in [1.807, 2.05) is 6.92 Å². The quantitative estimate of drug-likeness (QED) is 0.290. The molecule has 1 unspecified atom stereocenters. The molecule has 0 saturated carbocycles. The molecule has 154 valence electrons. The molecule has 0 saturated heterocycles. The monoisotopic (exact) mass is 407 g/mol. The van der Waals surface area contributed by atoms with Crippen molar-refractivity contribution >= 4 is 5.84 Å². The molecule has 0 radical (unpaired) electrons. The van der Waals surface area contributed by atoms with Crippen LogP contribution in [0.5, 0.6) is 0 Å². The molecule has 1 rings (SSSR count). The van der Waals surface area contributed by atoms with Crippen LogP contribution < -0.4 is 47.7 Å². The van der Waals surface area contributed by atoms with E-state index in [9.17, 15) is 0 Å². The largest absolute Gasteiger partial charge is 1.00 e. The number of hydrogen-bond acceptors (Lipinski definition) is 3. The second-order valence-electron chi connectivity index (χ2n) is 7.61. The third kappa shape index (κ3) is 16.0. The number of amidine groups is 1. The standard InChI is InChI=1S/C22H43N3.ClH.Na/c1-3-4-5-6-7-8-9-10-11-12-13-14-15-16-17-18-22-24-19-20-25(22)21(2)23;;/h17-18,21H,3-16,19-20,23H2,1-2H3;1H;/q;;+1/p-1. The molecule has 0 aromatic heterocycles. The van der Waals surface area contributed by atoms with Crippen LogP contribution >= 0.6 is 0 Å². The molecule has 0 spiro atoms. The van der Waals surface area contributed by atoms with Crippen molar-refractivity contribution in [3.63, 3.8) is 0 Å². The molecule has 3 nitrogen and oxygen atoms in total. The third-order valence-electron chi connectivity index (χ3n) is 5.14. The molecule has 0 amide bonds. The maximum atomic E-state index is 5.96. The van der Waals surface area contributed by atoms with Gasteiger partial charge in [0, 0.05) is 6.54 Å². The minimum atomic E-state index is 0. The summed E-state index contributed by atoms with van der Waals surface area (Å²) in [7, 11) is 0. The van der Waals surface area contributed by atoms with Crippen molar-refractivity contribution in [2.45, 2.75) is 110 Å². The number of nitrogens with two attached hydrogens (primary N) is 1. The zero-order chi connectivity index (χ0) is 18.2. The van der Waals surface area contributed by atoms with Gasteiger partial charge >= 0.3 is 29.6 Å². The number of unbranched alkanes of at least 4 members (excludes halogenated alkanes) is 13. The molecule has 0 aliphatic carbocycles. The fraction of sp³-hybridized carbons (Fsp3) is 0.864. The molecule has 1 aliphatic heterocycles. The number of rotatable bonds is 16. The summed E-state index contributed by atoms with van der Waals surface area (Å²) in [4.78, 5) is 6.70. The zero-order valence-corrected chi connectivity index (χ0v) is 21.2. The van der Waals surface area contributed by atoms with Gasteiger partial charge in [0.1, 0.15) is 5.84 Å². The Morgan fingerprint density at radius 3 is 1.89 bits per heavy atom. The van der Waals surface area contributed by atoms with E-state index in [1.165, 1.54) is 89.9 Å². The van der Waals surface area contributed by atoms with Crippen LogP contribution in [-0.4, -0.2) is 30.0 Å². The van der Waals surface area contributed by atoms with Crippen LogP contribution in [0.2, 0.25) is 0 Å². The Bertz CT molecular complexity index is 373. The van der Waals surface area contributed by atoms with Crippen LogP contribution in [0.3, 0.4) is 0 Å². The Kier molecular flexibility index (Phi) is 23.3. The van der Waals surface area contributed by atoms with Gasteiger partial charge in [0.25, 0.3) is 0 Å². The maximum absolute atomic E-state index is 5.96. The van der Waals surface area contributed by atoms with Crippen molar-refractivity contribution in [1.29, 1.82) is 0 Å². The Morgan fingerprint density at radius 2 is 1.41 bits per heavy atom. The van der Waals surface area contributed by atoms with Crippen LogP contribution in [0.1, 0.15) is 104 Å². The first kappa shape index (κ1) is 29.7. The Balaban J connectivity index is 0. The SMILES string of the molecule is CCCCCCCCCCCCCCCC=CC1=NCCN1C(C)N.[Cl-].[Na+]. The van der Waals surface area contributed by atoms with Gasteiger partial charge in [-0.25, -0.2) is 0 Å². The zero-order valence-electron chi connectivity index (χ0n) is 18.4. The van der Waals surface area contributed by atoms with E-state index in [0.29, 0.717) is 0 Å². The summed E-state index contributed by atoms with van der Waals surface area (Å²) in [6.45, 7) is 6.17. The van der Waals surface area contributed by atoms with Gasteiger partial charge in [0.15, 0.2) is 0 Å². The Morgan fingerprint density at radius 1 is 0.926 bits per heavy atom. The first-order chi connectivity index (χ1) is 12.3. The first-order valence-corrected chi connectivity index (χ1v) is 11.0. The van der Waals surface area contributed by atoms with Gasteiger partial charge in [-0.3, -0.25) is 4.99 Å². The molecule has 0 fully saturated rings. The van der Waals surface area contributed by atoms with Crippen molar-refractivity contribution in [1.82, 2.24) is 4.90 Å². The van der Waals surface area contributed by atoms with E-state index in [0.717, 1.165) is 18.9 Å². The number of halogens is 1. The molecule has 0 aromatic carbocycles. The summed E-state index contributed by atoms with van der Waals surface area (Å²) in [5, 5.41) is 0. The Labute approximate surface area is 197 Å². The van der Waals surface area contributed by atoms with E-state index >= 15 is 0 Å². The summed E-state index contributed by atoms with van der Waals surface area (Å²) in [5.74, 6) is 1.07. The van der Waals surface area contributed by atoms with Crippen molar-refractivity contribution in [3.8, 4) is 0 Å². The molecule has 0 aromatic rings. The number of allylic oxidation sites excluding steroid dienone is 1. The van der Waals surface area contributed by atoms with Gasteiger partial charge in [0.2, 0.25) is 0 Å². The summed E-state index contributed by atoms with van der Waals surface area (Å²) in [6, 6.07) is 0. The average molecular weight is 408 g/mol. The van der Waals surface area contributed by atoms with Gasteiger partial charge in [-0.05, 0) is 25.8 Å². The fourth-order valence-electron chi connectivity index (χ4n) is 3.51. The summed E-state index contributed by atoms with van der Waals surface area (Å²) >= 11 is 0. The van der Waals surface area contributed by atoms with E-state index in [1.54, 1.807) is 0 Å². The van der Waals surface area contributed by atoms with E-state index in [2.05, 4.69) is 29.0 Å². The topological polar surface area (TPSA) is 41.6 Å². The number of hydrogen-bond donors (Lipinski definition) is 1. The van der Waals surface area contributed by atoms with Gasteiger partial charge in [-0.2, -0.15) is 0 Å². The van der Waals surface area contributed by atoms with Crippen molar-refractivity contribution in [2.75, 3.05) is 13.1 Å². The molecule has 1 heterocycles. The molecule has 2 N–H and O–H groups in total.